The van der Waals surface area contributed by atoms with Gasteiger partial charge in [0.25, 0.3) is 0 Å². The number of rotatable bonds is 8. The average Bonchev–Trinajstić information content (AvgIpc) is 3.18. The molecule has 34 heavy (non-hydrogen) atoms. The van der Waals surface area contributed by atoms with E-state index in [1.165, 1.54) is 23.0 Å². The number of aromatic nitrogens is 1. The van der Waals surface area contributed by atoms with Gasteiger partial charge in [0.1, 0.15) is 11.5 Å². The lowest BCUT2D eigenvalue weighted by Gasteiger charge is -2.29. The highest BCUT2D eigenvalue weighted by Crippen LogP contribution is 2.39. The molecule has 2 heterocycles. The highest BCUT2D eigenvalue weighted by atomic mass is 32.1. The molecule has 178 valence electrons. The van der Waals surface area contributed by atoms with Gasteiger partial charge in [0, 0.05) is 11.8 Å². The number of ether oxygens (including phenoxy) is 2. The van der Waals surface area contributed by atoms with Crippen molar-refractivity contribution in [1.82, 2.24) is 9.88 Å². The summed E-state index contributed by atoms with van der Waals surface area (Å²) in [6.07, 6.45) is 3.56. The number of thiazole rings is 1. The summed E-state index contributed by atoms with van der Waals surface area (Å²) < 4.78 is 11.7. The Kier molecular flexibility index (Phi) is 7.49. The van der Waals surface area contributed by atoms with Gasteiger partial charge in [0.2, 0.25) is 11.0 Å². The van der Waals surface area contributed by atoms with Crippen molar-refractivity contribution in [2.75, 3.05) is 37.9 Å². The van der Waals surface area contributed by atoms with Crippen molar-refractivity contribution in [3.05, 3.63) is 66.4 Å². The van der Waals surface area contributed by atoms with Crippen LogP contribution in [0.2, 0.25) is 0 Å². The van der Waals surface area contributed by atoms with Crippen molar-refractivity contribution < 1.29 is 14.3 Å². The van der Waals surface area contributed by atoms with E-state index in [1.54, 1.807) is 19.2 Å². The van der Waals surface area contributed by atoms with Gasteiger partial charge in [-0.1, -0.05) is 30.0 Å². The van der Waals surface area contributed by atoms with E-state index < -0.39 is 0 Å². The maximum atomic E-state index is 11.6. The van der Waals surface area contributed by atoms with Gasteiger partial charge in [-0.05, 0) is 81.7 Å². The summed E-state index contributed by atoms with van der Waals surface area (Å²) in [5.74, 6) is 1.71. The first-order chi connectivity index (χ1) is 16.4. The highest BCUT2D eigenvalue weighted by Gasteiger charge is 2.20. The van der Waals surface area contributed by atoms with Gasteiger partial charge in [0.15, 0.2) is 5.13 Å². The van der Waals surface area contributed by atoms with Crippen molar-refractivity contribution in [2.45, 2.75) is 25.7 Å². The second kappa shape index (κ2) is 10.7. The topological polar surface area (TPSA) is 75.7 Å². The normalized spacial score (nSPS) is 14.4. The molecule has 0 radical (unpaired) electrons. The van der Waals surface area contributed by atoms with Crippen LogP contribution in [-0.4, -0.2) is 43.0 Å². The first-order valence-electron chi connectivity index (χ1n) is 11.3. The zero-order valence-corrected chi connectivity index (χ0v) is 20.6. The minimum atomic E-state index is -0.270. The number of methoxy groups -OCH3 is 1. The molecule has 1 aliphatic heterocycles. The number of aryl methyl sites for hydroxylation is 1. The second-order valence-electron chi connectivity index (χ2n) is 8.38. The fraction of sp³-hybridized carbons (Fsp3) is 0.308. The number of nitrogens with one attached hydrogen (secondary N) is 2. The van der Waals surface area contributed by atoms with Gasteiger partial charge in [-0.2, -0.15) is 0 Å². The van der Waals surface area contributed by atoms with Gasteiger partial charge in [-0.25, -0.2) is 4.98 Å². The third kappa shape index (κ3) is 5.76. The minimum Gasteiger partial charge on any atom is -0.495 e. The molecule has 7 nitrogen and oxygen atoms in total. The molecule has 4 rings (SSSR count). The lowest BCUT2D eigenvalue weighted by molar-refractivity contribution is -0.111. The zero-order chi connectivity index (χ0) is 24.1. The third-order valence-electron chi connectivity index (χ3n) is 5.91. The summed E-state index contributed by atoms with van der Waals surface area (Å²) in [7, 11) is 3.87. The summed E-state index contributed by atoms with van der Waals surface area (Å²) >= 11 is 1.42. The second-order valence-corrected chi connectivity index (χ2v) is 9.34. The number of piperidine rings is 1. The van der Waals surface area contributed by atoms with Crippen LogP contribution in [0.25, 0.3) is 0 Å². The third-order valence-corrected chi connectivity index (χ3v) is 6.86. The van der Waals surface area contributed by atoms with Crippen LogP contribution in [0.4, 0.5) is 16.5 Å². The number of amides is 1. The van der Waals surface area contributed by atoms with E-state index in [0.29, 0.717) is 27.5 Å². The zero-order valence-electron chi connectivity index (χ0n) is 19.8. The molecule has 0 saturated carbocycles. The van der Waals surface area contributed by atoms with Crippen LogP contribution in [0.3, 0.4) is 0 Å². The molecule has 1 aliphatic rings. The van der Waals surface area contributed by atoms with E-state index in [-0.39, 0.29) is 5.91 Å². The Morgan fingerprint density at radius 3 is 2.76 bits per heavy atom. The molecule has 1 aromatic heterocycles. The van der Waals surface area contributed by atoms with E-state index in [9.17, 15) is 4.79 Å². The number of likely N-dealkylation sites (tertiary alicyclic amines) is 1. The van der Waals surface area contributed by atoms with Crippen molar-refractivity contribution >= 4 is 33.8 Å². The Labute approximate surface area is 204 Å². The maximum Gasteiger partial charge on any atom is 0.247 e. The van der Waals surface area contributed by atoms with E-state index >= 15 is 0 Å². The van der Waals surface area contributed by atoms with E-state index in [2.05, 4.69) is 52.3 Å². The predicted molar refractivity (Wildman–Crippen MR) is 138 cm³/mol. The van der Waals surface area contributed by atoms with E-state index in [1.807, 2.05) is 19.1 Å². The van der Waals surface area contributed by atoms with Crippen molar-refractivity contribution in [3.8, 4) is 16.6 Å². The number of nitrogens with zero attached hydrogens (tertiary/aromatic N) is 2. The van der Waals surface area contributed by atoms with Gasteiger partial charge < -0.3 is 25.0 Å². The van der Waals surface area contributed by atoms with Crippen molar-refractivity contribution in [3.63, 3.8) is 0 Å². The summed E-state index contributed by atoms with van der Waals surface area (Å²) in [6, 6.07) is 13.6. The largest absolute Gasteiger partial charge is 0.495 e. The molecule has 8 heteroatoms. The van der Waals surface area contributed by atoms with Crippen LogP contribution >= 0.6 is 11.3 Å². The highest BCUT2D eigenvalue weighted by molar-refractivity contribution is 7.17. The van der Waals surface area contributed by atoms with Crippen molar-refractivity contribution in [1.29, 1.82) is 0 Å². The molecule has 0 bridgehead atoms. The SMILES string of the molecule is C=CC(=O)Nc1cccc(Oc2sc(Nc3ccc(C4CCN(C)CC4)cc3OC)nc2C)c1. The van der Waals surface area contributed by atoms with Crippen LogP contribution in [0.15, 0.2) is 55.1 Å². The molecule has 0 unspecified atom stereocenters. The Morgan fingerprint density at radius 1 is 1.24 bits per heavy atom. The molecular formula is C26H30N4O3S. The minimum absolute atomic E-state index is 0.270. The van der Waals surface area contributed by atoms with Crippen LogP contribution in [0.1, 0.15) is 30.0 Å². The molecule has 1 amide bonds. The molecule has 0 aliphatic carbocycles. The Morgan fingerprint density at radius 2 is 2.03 bits per heavy atom. The van der Waals surface area contributed by atoms with Gasteiger partial charge in [0.05, 0.1) is 18.5 Å². The predicted octanol–water partition coefficient (Wildman–Crippen LogP) is 5.93. The number of benzene rings is 2. The number of carbonyl (C=O) groups excluding carboxylic acids is 1. The van der Waals surface area contributed by atoms with E-state index in [4.69, 9.17) is 9.47 Å². The number of anilines is 3. The standard InChI is InChI=1S/C26H30N4O3S/c1-5-24(31)28-20-7-6-8-21(16-20)33-25-17(2)27-26(34-25)29-22-10-9-19(15-23(22)32-4)18-11-13-30(3)14-12-18/h5-10,15-16,18H,1,11-14H2,2-4H3,(H,27,29)(H,28,31). The monoisotopic (exact) mass is 478 g/mol. The Balaban J connectivity index is 1.47. The smallest absolute Gasteiger partial charge is 0.247 e. The van der Waals surface area contributed by atoms with Crippen LogP contribution < -0.4 is 20.1 Å². The average molecular weight is 479 g/mol. The lowest BCUT2D eigenvalue weighted by Crippen LogP contribution is -2.29. The fourth-order valence-electron chi connectivity index (χ4n) is 3.99. The first-order valence-corrected chi connectivity index (χ1v) is 12.1. The van der Waals surface area contributed by atoms with Gasteiger partial charge >= 0.3 is 0 Å². The molecule has 2 N–H and O–H groups in total. The van der Waals surface area contributed by atoms with Crippen LogP contribution in [0.5, 0.6) is 16.6 Å². The summed E-state index contributed by atoms with van der Waals surface area (Å²) in [5.41, 5.74) is 3.60. The molecule has 1 fully saturated rings. The van der Waals surface area contributed by atoms with Gasteiger partial charge in [-0.3, -0.25) is 4.79 Å². The number of hydrogen-bond acceptors (Lipinski definition) is 7. The Bertz CT molecular complexity index is 1170. The molecule has 3 aromatic rings. The lowest BCUT2D eigenvalue weighted by atomic mass is 9.89. The van der Waals surface area contributed by atoms with Gasteiger partial charge in [-0.15, -0.1) is 0 Å². The molecule has 0 spiro atoms. The van der Waals surface area contributed by atoms with E-state index in [0.717, 1.165) is 43.1 Å². The molecular weight excluding hydrogens is 448 g/mol. The first kappa shape index (κ1) is 23.8. The summed E-state index contributed by atoms with van der Waals surface area (Å²) in [5, 5.41) is 7.51. The number of hydrogen-bond donors (Lipinski definition) is 2. The maximum absolute atomic E-state index is 11.6. The fourth-order valence-corrected chi connectivity index (χ4v) is 4.84. The Hall–Kier alpha value is -3.36. The summed E-state index contributed by atoms with van der Waals surface area (Å²) in [4.78, 5) is 18.6. The number of carbonyl (C=O) groups is 1. The van der Waals surface area contributed by atoms with Crippen LogP contribution in [0, 0.1) is 6.92 Å². The summed E-state index contributed by atoms with van der Waals surface area (Å²) in [6.45, 7) is 7.62. The van der Waals surface area contributed by atoms with Crippen molar-refractivity contribution in [2.24, 2.45) is 0 Å². The molecule has 0 atom stereocenters. The van der Waals surface area contributed by atoms with Crippen LogP contribution in [-0.2, 0) is 4.79 Å². The molecule has 2 aromatic carbocycles. The molecule has 1 saturated heterocycles. The quantitative estimate of drug-likeness (QED) is 0.391.